The number of nitriles is 1. The highest BCUT2D eigenvalue weighted by molar-refractivity contribution is 5.77. The lowest BCUT2D eigenvalue weighted by Crippen LogP contribution is -2.51. The Morgan fingerprint density at radius 2 is 2.10 bits per heavy atom. The summed E-state index contributed by atoms with van der Waals surface area (Å²) in [5.41, 5.74) is 0. The minimum atomic E-state index is -0.810. The first-order valence-electron chi connectivity index (χ1n) is 7.08. The fraction of sp³-hybridized carbons (Fsp3) is 0.786. The molecule has 0 aliphatic heterocycles. The first-order chi connectivity index (χ1) is 9.43. The molecule has 0 aromatic rings. The van der Waals surface area contributed by atoms with Crippen LogP contribution in [0.25, 0.3) is 0 Å². The van der Waals surface area contributed by atoms with E-state index in [9.17, 15) is 14.7 Å². The zero-order valence-corrected chi connectivity index (χ0v) is 11.9. The van der Waals surface area contributed by atoms with Crippen molar-refractivity contribution in [2.45, 2.75) is 32.2 Å². The Kier molecular flexibility index (Phi) is 4.17. The normalized spacial score (nSPS) is 32.5. The van der Waals surface area contributed by atoms with Crippen LogP contribution in [-0.2, 0) is 4.79 Å². The lowest BCUT2D eigenvalue weighted by molar-refractivity contribution is -0.144. The zero-order valence-electron chi connectivity index (χ0n) is 11.9. The second-order valence-electron chi connectivity index (χ2n) is 6.08. The predicted molar refractivity (Wildman–Crippen MR) is 71.7 cm³/mol. The van der Waals surface area contributed by atoms with Crippen molar-refractivity contribution in [1.29, 1.82) is 5.26 Å². The summed E-state index contributed by atoms with van der Waals surface area (Å²) in [4.78, 5) is 24.9. The molecule has 6 nitrogen and oxygen atoms in total. The standard InChI is InChI=1S/C14H21N3O3/c1-8(6-15)7-17(2)14(20)16-12-10-4-3-9(5-10)11(12)13(18)19/h8-12H,3-5,7H2,1-2H3,(H,16,20)(H,18,19). The minimum absolute atomic E-state index is 0.200. The number of nitrogens with one attached hydrogen (secondary N) is 1. The number of fused-ring (bicyclic) bond motifs is 2. The average Bonchev–Trinajstić information content (AvgIpc) is 2.98. The van der Waals surface area contributed by atoms with E-state index in [1.165, 1.54) is 4.90 Å². The molecule has 0 saturated heterocycles. The number of carboxylic acid groups (broad SMARTS) is 1. The Labute approximate surface area is 118 Å². The van der Waals surface area contributed by atoms with Crippen molar-refractivity contribution in [2.24, 2.45) is 23.7 Å². The summed E-state index contributed by atoms with van der Waals surface area (Å²) in [6, 6.07) is 1.54. The number of hydrogen-bond donors (Lipinski definition) is 2. The van der Waals surface area contributed by atoms with Crippen molar-refractivity contribution >= 4 is 12.0 Å². The molecule has 0 aromatic heterocycles. The van der Waals surface area contributed by atoms with Gasteiger partial charge in [0.1, 0.15) is 0 Å². The van der Waals surface area contributed by atoms with Crippen molar-refractivity contribution in [3.8, 4) is 6.07 Å². The lowest BCUT2D eigenvalue weighted by atomic mass is 9.84. The molecule has 110 valence electrons. The molecule has 6 heteroatoms. The molecule has 0 radical (unpaired) electrons. The van der Waals surface area contributed by atoms with Crippen LogP contribution in [0.4, 0.5) is 4.79 Å². The van der Waals surface area contributed by atoms with Crippen molar-refractivity contribution in [3.05, 3.63) is 0 Å². The predicted octanol–water partition coefficient (Wildman–Crippen LogP) is 1.29. The van der Waals surface area contributed by atoms with Crippen LogP contribution >= 0.6 is 0 Å². The van der Waals surface area contributed by atoms with Gasteiger partial charge in [0.15, 0.2) is 0 Å². The molecule has 5 atom stereocenters. The molecule has 2 N–H and O–H groups in total. The van der Waals surface area contributed by atoms with E-state index in [4.69, 9.17) is 5.26 Å². The van der Waals surface area contributed by atoms with Crippen LogP contribution in [0.1, 0.15) is 26.2 Å². The van der Waals surface area contributed by atoms with Crippen molar-refractivity contribution in [1.82, 2.24) is 10.2 Å². The van der Waals surface area contributed by atoms with Crippen molar-refractivity contribution in [3.63, 3.8) is 0 Å². The van der Waals surface area contributed by atoms with E-state index in [1.807, 2.05) is 0 Å². The van der Waals surface area contributed by atoms with Gasteiger partial charge in [-0.05, 0) is 38.0 Å². The molecule has 2 aliphatic rings. The van der Waals surface area contributed by atoms with Gasteiger partial charge < -0.3 is 15.3 Å². The monoisotopic (exact) mass is 279 g/mol. The van der Waals surface area contributed by atoms with Crippen LogP contribution in [0, 0.1) is 35.0 Å². The van der Waals surface area contributed by atoms with E-state index in [2.05, 4.69) is 11.4 Å². The Morgan fingerprint density at radius 1 is 1.45 bits per heavy atom. The molecule has 0 heterocycles. The largest absolute Gasteiger partial charge is 0.481 e. The topological polar surface area (TPSA) is 93.4 Å². The number of carbonyl (C=O) groups excluding carboxylic acids is 1. The first-order valence-corrected chi connectivity index (χ1v) is 7.08. The van der Waals surface area contributed by atoms with E-state index in [-0.39, 0.29) is 29.8 Å². The number of carboxylic acids is 1. The molecule has 2 saturated carbocycles. The molecule has 2 bridgehead atoms. The fourth-order valence-corrected chi connectivity index (χ4v) is 3.64. The third-order valence-corrected chi connectivity index (χ3v) is 4.61. The summed E-state index contributed by atoms with van der Waals surface area (Å²) in [6.07, 6.45) is 2.85. The van der Waals surface area contributed by atoms with Gasteiger partial charge in [0, 0.05) is 19.6 Å². The maximum atomic E-state index is 12.1. The lowest BCUT2D eigenvalue weighted by Gasteiger charge is -2.30. The molecule has 5 unspecified atom stereocenters. The molecule has 2 fully saturated rings. The second-order valence-corrected chi connectivity index (χ2v) is 6.08. The number of hydrogen-bond acceptors (Lipinski definition) is 3. The van der Waals surface area contributed by atoms with Gasteiger partial charge in [0.25, 0.3) is 0 Å². The Morgan fingerprint density at radius 3 is 2.70 bits per heavy atom. The summed E-state index contributed by atoms with van der Waals surface area (Å²) < 4.78 is 0. The highest BCUT2D eigenvalue weighted by atomic mass is 16.4. The van der Waals surface area contributed by atoms with Gasteiger partial charge >= 0.3 is 12.0 Å². The third kappa shape index (κ3) is 2.72. The quantitative estimate of drug-likeness (QED) is 0.810. The molecular formula is C14H21N3O3. The maximum Gasteiger partial charge on any atom is 0.317 e. The molecule has 0 spiro atoms. The van der Waals surface area contributed by atoms with E-state index >= 15 is 0 Å². The van der Waals surface area contributed by atoms with Crippen LogP contribution in [0.2, 0.25) is 0 Å². The number of aliphatic carboxylic acids is 1. The van der Waals surface area contributed by atoms with Crippen LogP contribution < -0.4 is 5.32 Å². The average molecular weight is 279 g/mol. The molecule has 2 amide bonds. The van der Waals surface area contributed by atoms with Gasteiger partial charge in [-0.3, -0.25) is 4.79 Å². The van der Waals surface area contributed by atoms with Crippen molar-refractivity contribution in [2.75, 3.05) is 13.6 Å². The highest BCUT2D eigenvalue weighted by Crippen LogP contribution is 2.48. The Bertz CT molecular complexity index is 445. The number of urea groups is 1. The molecule has 20 heavy (non-hydrogen) atoms. The summed E-state index contributed by atoms with van der Waals surface area (Å²) in [5.74, 6) is -1.02. The van der Waals surface area contributed by atoms with Crippen LogP contribution in [-0.4, -0.2) is 41.6 Å². The summed E-state index contributed by atoms with van der Waals surface area (Å²) in [5, 5.41) is 21.0. The van der Waals surface area contributed by atoms with Gasteiger partial charge in [-0.25, -0.2) is 4.79 Å². The summed E-state index contributed by atoms with van der Waals surface area (Å²) in [7, 11) is 1.63. The van der Waals surface area contributed by atoms with Gasteiger partial charge in [-0.2, -0.15) is 5.26 Å². The maximum absolute atomic E-state index is 12.1. The van der Waals surface area contributed by atoms with Gasteiger partial charge in [-0.1, -0.05) is 0 Å². The summed E-state index contributed by atoms with van der Waals surface area (Å²) >= 11 is 0. The van der Waals surface area contributed by atoms with E-state index in [0.29, 0.717) is 6.54 Å². The third-order valence-electron chi connectivity index (χ3n) is 4.61. The number of nitrogens with zero attached hydrogens (tertiary/aromatic N) is 2. The highest BCUT2D eigenvalue weighted by Gasteiger charge is 2.51. The van der Waals surface area contributed by atoms with Gasteiger partial charge in [0.2, 0.25) is 0 Å². The number of amides is 2. The SMILES string of the molecule is CC(C#N)CN(C)C(=O)NC1C2CCC(C2)C1C(=O)O. The minimum Gasteiger partial charge on any atom is -0.481 e. The van der Waals surface area contributed by atoms with E-state index in [1.54, 1.807) is 14.0 Å². The Balaban J connectivity index is 1.97. The number of carbonyl (C=O) groups is 2. The van der Waals surface area contributed by atoms with E-state index < -0.39 is 11.9 Å². The van der Waals surface area contributed by atoms with Crippen LogP contribution in [0.5, 0.6) is 0 Å². The van der Waals surface area contributed by atoms with E-state index in [0.717, 1.165) is 19.3 Å². The molecule has 0 aromatic carbocycles. The van der Waals surface area contributed by atoms with Crippen LogP contribution in [0.3, 0.4) is 0 Å². The van der Waals surface area contributed by atoms with Gasteiger partial charge in [-0.15, -0.1) is 0 Å². The van der Waals surface area contributed by atoms with Crippen LogP contribution in [0.15, 0.2) is 0 Å². The Hall–Kier alpha value is -1.77. The van der Waals surface area contributed by atoms with Gasteiger partial charge in [0.05, 0.1) is 17.9 Å². The number of rotatable bonds is 4. The fourth-order valence-electron chi connectivity index (χ4n) is 3.64. The summed E-state index contributed by atoms with van der Waals surface area (Å²) in [6.45, 7) is 2.10. The molecule has 2 aliphatic carbocycles. The molecule has 2 rings (SSSR count). The second kappa shape index (κ2) is 5.70. The molecular weight excluding hydrogens is 258 g/mol. The smallest absolute Gasteiger partial charge is 0.317 e. The first kappa shape index (κ1) is 14.6. The van der Waals surface area contributed by atoms with Crippen molar-refractivity contribution < 1.29 is 14.7 Å². The zero-order chi connectivity index (χ0) is 14.9.